The standard InChI is InChI=1S/C10H16N4O2S2/c1-3-4-5-13(2)18(15,16)9-8(11)12-10-14(9)6-7-17-10/h6-7H,3-5,11H2,1-2H3. The van der Waals surface area contributed by atoms with Crippen LogP contribution in [0.5, 0.6) is 0 Å². The quantitative estimate of drug-likeness (QED) is 0.901. The lowest BCUT2D eigenvalue weighted by atomic mass is 10.3. The van der Waals surface area contributed by atoms with Crippen molar-refractivity contribution in [3.8, 4) is 0 Å². The van der Waals surface area contributed by atoms with Gasteiger partial charge in [0.2, 0.25) is 0 Å². The van der Waals surface area contributed by atoms with Gasteiger partial charge in [0.05, 0.1) is 0 Å². The van der Waals surface area contributed by atoms with Crippen molar-refractivity contribution in [2.24, 2.45) is 0 Å². The molecule has 0 fully saturated rings. The van der Waals surface area contributed by atoms with Crippen LogP contribution in [0.4, 0.5) is 5.82 Å². The molecule has 0 saturated heterocycles. The Hall–Kier alpha value is -1.12. The number of nitrogen functional groups attached to an aromatic ring is 1. The third-order valence-corrected chi connectivity index (χ3v) is 5.38. The Morgan fingerprint density at radius 2 is 2.28 bits per heavy atom. The molecule has 0 radical (unpaired) electrons. The topological polar surface area (TPSA) is 80.7 Å². The van der Waals surface area contributed by atoms with Crippen molar-refractivity contribution in [1.82, 2.24) is 13.7 Å². The van der Waals surface area contributed by atoms with E-state index in [2.05, 4.69) is 4.98 Å². The Labute approximate surface area is 110 Å². The van der Waals surface area contributed by atoms with Crippen molar-refractivity contribution >= 4 is 32.1 Å². The average molecular weight is 288 g/mol. The molecule has 0 saturated carbocycles. The number of hydrogen-bond donors (Lipinski definition) is 1. The molecule has 0 aromatic carbocycles. The number of fused-ring (bicyclic) bond motifs is 1. The predicted molar refractivity (Wildman–Crippen MR) is 72.2 cm³/mol. The SMILES string of the molecule is CCCCN(C)S(=O)(=O)c1c(N)nc2sccn12. The lowest BCUT2D eigenvalue weighted by Crippen LogP contribution is -2.29. The van der Waals surface area contributed by atoms with Gasteiger partial charge in [-0.15, -0.1) is 11.3 Å². The van der Waals surface area contributed by atoms with Crippen LogP contribution in [-0.2, 0) is 10.0 Å². The number of nitrogens with zero attached hydrogens (tertiary/aromatic N) is 3. The van der Waals surface area contributed by atoms with E-state index in [-0.39, 0.29) is 10.8 Å². The van der Waals surface area contributed by atoms with Gasteiger partial charge in [0, 0.05) is 25.2 Å². The number of hydrogen-bond acceptors (Lipinski definition) is 5. The molecule has 2 aromatic rings. The van der Waals surface area contributed by atoms with Gasteiger partial charge in [0.1, 0.15) is 0 Å². The molecule has 2 N–H and O–H groups in total. The molecule has 0 atom stereocenters. The summed E-state index contributed by atoms with van der Waals surface area (Å²) in [5.74, 6) is 0.0604. The summed E-state index contributed by atoms with van der Waals surface area (Å²) in [5, 5.41) is 1.85. The van der Waals surface area contributed by atoms with Crippen molar-refractivity contribution in [3.05, 3.63) is 11.6 Å². The minimum atomic E-state index is -3.58. The molecule has 0 bridgehead atoms. The van der Waals surface area contributed by atoms with Gasteiger partial charge >= 0.3 is 0 Å². The van der Waals surface area contributed by atoms with Crippen LogP contribution in [0.2, 0.25) is 0 Å². The Morgan fingerprint density at radius 1 is 1.56 bits per heavy atom. The summed E-state index contributed by atoms with van der Waals surface area (Å²) in [6.45, 7) is 2.50. The van der Waals surface area contributed by atoms with E-state index in [1.54, 1.807) is 18.6 Å². The summed E-state index contributed by atoms with van der Waals surface area (Å²) >= 11 is 1.36. The summed E-state index contributed by atoms with van der Waals surface area (Å²) in [4.78, 5) is 4.65. The second-order valence-electron chi connectivity index (χ2n) is 4.04. The van der Waals surface area contributed by atoms with E-state index in [1.807, 2.05) is 6.92 Å². The highest BCUT2D eigenvalue weighted by Crippen LogP contribution is 2.25. The number of thiazole rings is 1. The maximum absolute atomic E-state index is 12.4. The van der Waals surface area contributed by atoms with E-state index in [0.717, 1.165) is 12.8 Å². The first-order chi connectivity index (χ1) is 8.48. The lowest BCUT2D eigenvalue weighted by molar-refractivity contribution is 0.456. The van der Waals surface area contributed by atoms with Gasteiger partial charge in [-0.1, -0.05) is 13.3 Å². The number of imidazole rings is 1. The summed E-state index contributed by atoms with van der Waals surface area (Å²) in [5.41, 5.74) is 5.72. The monoisotopic (exact) mass is 288 g/mol. The Bertz CT molecular complexity index is 644. The third kappa shape index (κ3) is 2.11. The van der Waals surface area contributed by atoms with Crippen molar-refractivity contribution < 1.29 is 8.42 Å². The van der Waals surface area contributed by atoms with Gasteiger partial charge < -0.3 is 5.73 Å². The van der Waals surface area contributed by atoms with Crippen molar-refractivity contribution in [3.63, 3.8) is 0 Å². The molecule has 8 heteroatoms. The van der Waals surface area contributed by atoms with Crippen molar-refractivity contribution in [1.29, 1.82) is 0 Å². The van der Waals surface area contributed by atoms with E-state index in [0.29, 0.717) is 11.5 Å². The van der Waals surface area contributed by atoms with Crippen LogP contribution in [0.1, 0.15) is 19.8 Å². The van der Waals surface area contributed by atoms with Gasteiger partial charge in [-0.3, -0.25) is 4.40 Å². The normalized spacial score (nSPS) is 12.6. The molecule has 18 heavy (non-hydrogen) atoms. The molecule has 2 heterocycles. The highest BCUT2D eigenvalue weighted by molar-refractivity contribution is 7.89. The molecule has 2 aromatic heterocycles. The molecular formula is C10H16N4O2S2. The Kier molecular flexibility index (Phi) is 3.60. The van der Waals surface area contributed by atoms with Crippen LogP contribution < -0.4 is 5.73 Å². The highest BCUT2D eigenvalue weighted by atomic mass is 32.2. The molecule has 0 amide bonds. The number of unbranched alkanes of at least 4 members (excludes halogenated alkanes) is 1. The van der Waals surface area contributed by atoms with Gasteiger partial charge in [-0.2, -0.15) is 4.31 Å². The van der Waals surface area contributed by atoms with E-state index < -0.39 is 10.0 Å². The second-order valence-corrected chi connectivity index (χ2v) is 6.87. The zero-order valence-corrected chi connectivity index (χ0v) is 12.0. The Balaban J connectivity index is 2.46. The van der Waals surface area contributed by atoms with Crippen LogP contribution in [-0.4, -0.2) is 35.7 Å². The summed E-state index contributed by atoms with van der Waals surface area (Å²) in [6, 6.07) is 0. The second kappa shape index (κ2) is 4.87. The van der Waals surface area contributed by atoms with Crippen LogP contribution in [0, 0.1) is 0 Å². The first-order valence-electron chi connectivity index (χ1n) is 5.66. The molecule has 0 aliphatic rings. The molecule has 0 unspecified atom stereocenters. The van der Waals surface area contributed by atoms with Crippen molar-refractivity contribution in [2.45, 2.75) is 24.8 Å². The molecule has 100 valence electrons. The number of aromatic nitrogens is 2. The summed E-state index contributed by atoms with van der Waals surface area (Å²) in [6.07, 6.45) is 3.43. The minimum absolute atomic E-state index is 0.0604. The van der Waals surface area contributed by atoms with Crippen LogP contribution in [0.3, 0.4) is 0 Å². The van der Waals surface area contributed by atoms with Crippen molar-refractivity contribution in [2.75, 3.05) is 19.3 Å². The zero-order valence-electron chi connectivity index (χ0n) is 10.3. The smallest absolute Gasteiger partial charge is 0.262 e. The van der Waals surface area contributed by atoms with Gasteiger partial charge in [0.25, 0.3) is 10.0 Å². The molecule has 0 spiro atoms. The molecule has 0 aliphatic heterocycles. The third-order valence-electron chi connectivity index (χ3n) is 2.72. The van der Waals surface area contributed by atoms with Gasteiger partial charge in [-0.25, -0.2) is 13.4 Å². The number of nitrogens with two attached hydrogens (primary N) is 1. The highest BCUT2D eigenvalue weighted by Gasteiger charge is 2.28. The maximum atomic E-state index is 12.4. The summed E-state index contributed by atoms with van der Waals surface area (Å²) < 4.78 is 27.7. The number of anilines is 1. The Morgan fingerprint density at radius 3 is 2.94 bits per heavy atom. The van der Waals surface area contributed by atoms with Crippen LogP contribution in [0.15, 0.2) is 16.6 Å². The summed E-state index contributed by atoms with van der Waals surface area (Å²) in [7, 11) is -2.01. The largest absolute Gasteiger partial charge is 0.381 e. The van der Waals surface area contributed by atoms with Crippen LogP contribution in [0.25, 0.3) is 4.96 Å². The first kappa shape index (κ1) is 13.3. The molecule has 6 nitrogen and oxygen atoms in total. The predicted octanol–water partition coefficient (Wildman–Crippen LogP) is 1.40. The number of rotatable bonds is 5. The minimum Gasteiger partial charge on any atom is -0.381 e. The fourth-order valence-electron chi connectivity index (χ4n) is 1.69. The zero-order chi connectivity index (χ0) is 13.3. The van der Waals surface area contributed by atoms with Gasteiger partial charge in [0.15, 0.2) is 15.8 Å². The fourth-order valence-corrected chi connectivity index (χ4v) is 3.84. The number of sulfonamides is 1. The van der Waals surface area contributed by atoms with Crippen LogP contribution >= 0.6 is 11.3 Å². The fraction of sp³-hybridized carbons (Fsp3) is 0.500. The molecule has 0 aliphatic carbocycles. The maximum Gasteiger partial charge on any atom is 0.262 e. The molecule has 2 rings (SSSR count). The van der Waals surface area contributed by atoms with E-state index in [9.17, 15) is 8.42 Å². The van der Waals surface area contributed by atoms with Gasteiger partial charge in [-0.05, 0) is 6.42 Å². The first-order valence-corrected chi connectivity index (χ1v) is 7.97. The molecular weight excluding hydrogens is 272 g/mol. The van der Waals surface area contributed by atoms with E-state index in [1.165, 1.54) is 20.0 Å². The van der Waals surface area contributed by atoms with E-state index in [4.69, 9.17) is 5.73 Å². The lowest BCUT2D eigenvalue weighted by Gasteiger charge is -2.16. The average Bonchev–Trinajstić information content (AvgIpc) is 2.84. The van der Waals surface area contributed by atoms with E-state index >= 15 is 0 Å².